The summed E-state index contributed by atoms with van der Waals surface area (Å²) >= 11 is 1.53. The highest BCUT2D eigenvalue weighted by Gasteiger charge is 2.28. The van der Waals surface area contributed by atoms with Crippen molar-refractivity contribution < 1.29 is 4.79 Å². The summed E-state index contributed by atoms with van der Waals surface area (Å²) in [5, 5.41) is 7.84. The highest BCUT2D eigenvalue weighted by atomic mass is 32.1. The van der Waals surface area contributed by atoms with Gasteiger partial charge in [-0.3, -0.25) is 14.4 Å². The molecule has 1 N–H and O–H groups in total. The molecule has 7 heteroatoms. The first-order valence-corrected chi connectivity index (χ1v) is 8.31. The van der Waals surface area contributed by atoms with E-state index < -0.39 is 0 Å². The van der Waals surface area contributed by atoms with Crippen molar-refractivity contribution in [2.45, 2.75) is 32.7 Å². The quantitative estimate of drug-likeness (QED) is 0.939. The highest BCUT2D eigenvalue weighted by molar-refractivity contribution is 7.15. The maximum absolute atomic E-state index is 12.3. The Kier molecular flexibility index (Phi) is 4.26. The van der Waals surface area contributed by atoms with Gasteiger partial charge in [-0.05, 0) is 33.2 Å². The molecule has 3 heterocycles. The molecule has 1 atom stereocenters. The average molecular weight is 319 g/mol. The van der Waals surface area contributed by atoms with Gasteiger partial charge in [0.15, 0.2) is 5.13 Å². The number of anilines is 1. The lowest BCUT2D eigenvalue weighted by atomic mass is 10.1. The third-order valence-electron chi connectivity index (χ3n) is 4.09. The number of hydrogen-bond acceptors (Lipinski definition) is 5. The van der Waals surface area contributed by atoms with E-state index in [2.05, 4.69) is 20.3 Å². The fourth-order valence-electron chi connectivity index (χ4n) is 2.87. The van der Waals surface area contributed by atoms with Crippen LogP contribution in [-0.2, 0) is 11.8 Å². The molecular formula is C15H21N5OS. The van der Waals surface area contributed by atoms with Gasteiger partial charge in [-0.15, -0.1) is 11.3 Å². The number of amides is 1. The SMILES string of the molecule is Cc1nc(NC(=O)CN2CCCC2c2cnn(C)c2)sc1C. The summed E-state index contributed by atoms with van der Waals surface area (Å²) in [6, 6.07) is 0.291. The summed E-state index contributed by atoms with van der Waals surface area (Å²) in [7, 11) is 1.92. The Balaban J connectivity index is 1.63. The molecule has 1 saturated heterocycles. The van der Waals surface area contributed by atoms with Crippen molar-refractivity contribution in [2.24, 2.45) is 7.05 Å². The lowest BCUT2D eigenvalue weighted by Gasteiger charge is -2.22. The molecule has 1 amide bonds. The van der Waals surface area contributed by atoms with Crippen molar-refractivity contribution in [3.63, 3.8) is 0 Å². The molecule has 0 spiro atoms. The second-order valence-corrected chi connectivity index (χ2v) is 6.99. The van der Waals surface area contributed by atoms with E-state index in [0.717, 1.165) is 30.0 Å². The minimum absolute atomic E-state index is 0.00420. The van der Waals surface area contributed by atoms with E-state index in [-0.39, 0.29) is 5.91 Å². The molecule has 2 aromatic rings. The fraction of sp³-hybridized carbons (Fsp3) is 0.533. The van der Waals surface area contributed by atoms with Crippen molar-refractivity contribution in [2.75, 3.05) is 18.4 Å². The van der Waals surface area contributed by atoms with Crippen molar-refractivity contribution in [1.82, 2.24) is 19.7 Å². The number of thiazole rings is 1. The molecule has 0 bridgehead atoms. The number of nitrogens with one attached hydrogen (secondary N) is 1. The Bertz CT molecular complexity index is 658. The Morgan fingerprint density at radius 3 is 2.95 bits per heavy atom. The van der Waals surface area contributed by atoms with Crippen LogP contribution in [-0.4, -0.2) is 38.7 Å². The van der Waals surface area contributed by atoms with Gasteiger partial charge in [0.1, 0.15) is 0 Å². The minimum atomic E-state index is 0.00420. The smallest absolute Gasteiger partial charge is 0.240 e. The van der Waals surface area contributed by atoms with Crippen LogP contribution in [0.15, 0.2) is 12.4 Å². The van der Waals surface area contributed by atoms with Gasteiger partial charge in [0, 0.05) is 29.7 Å². The van der Waals surface area contributed by atoms with Crippen LogP contribution >= 0.6 is 11.3 Å². The third kappa shape index (κ3) is 3.20. The van der Waals surface area contributed by atoms with Gasteiger partial charge >= 0.3 is 0 Å². The van der Waals surface area contributed by atoms with Gasteiger partial charge < -0.3 is 5.32 Å². The van der Waals surface area contributed by atoms with Crippen molar-refractivity contribution in [1.29, 1.82) is 0 Å². The zero-order valence-electron chi connectivity index (χ0n) is 13.2. The van der Waals surface area contributed by atoms with Crippen molar-refractivity contribution in [3.05, 3.63) is 28.5 Å². The zero-order valence-corrected chi connectivity index (χ0v) is 14.0. The summed E-state index contributed by atoms with van der Waals surface area (Å²) in [5.41, 5.74) is 2.17. The van der Waals surface area contributed by atoms with Crippen molar-refractivity contribution in [3.8, 4) is 0 Å². The largest absolute Gasteiger partial charge is 0.301 e. The first kappa shape index (κ1) is 15.2. The van der Waals surface area contributed by atoms with Crippen LogP contribution in [0.5, 0.6) is 0 Å². The monoisotopic (exact) mass is 319 g/mol. The Morgan fingerprint density at radius 2 is 2.32 bits per heavy atom. The van der Waals surface area contributed by atoms with E-state index in [1.165, 1.54) is 16.9 Å². The maximum Gasteiger partial charge on any atom is 0.240 e. The van der Waals surface area contributed by atoms with Crippen LogP contribution in [0.25, 0.3) is 0 Å². The number of carbonyl (C=O) groups is 1. The molecule has 22 heavy (non-hydrogen) atoms. The zero-order chi connectivity index (χ0) is 15.7. The van der Waals surface area contributed by atoms with Gasteiger partial charge in [-0.25, -0.2) is 4.98 Å². The molecule has 0 saturated carbocycles. The topological polar surface area (TPSA) is 63.1 Å². The van der Waals surface area contributed by atoms with E-state index in [0.29, 0.717) is 17.7 Å². The Hall–Kier alpha value is -1.73. The molecule has 1 aliphatic heterocycles. The Morgan fingerprint density at radius 1 is 1.50 bits per heavy atom. The predicted octanol–water partition coefficient (Wildman–Crippen LogP) is 2.27. The van der Waals surface area contributed by atoms with E-state index in [4.69, 9.17) is 0 Å². The van der Waals surface area contributed by atoms with Crippen LogP contribution < -0.4 is 5.32 Å². The van der Waals surface area contributed by atoms with Crippen LogP contribution in [0.3, 0.4) is 0 Å². The van der Waals surface area contributed by atoms with Gasteiger partial charge in [-0.2, -0.15) is 5.10 Å². The number of hydrogen-bond donors (Lipinski definition) is 1. The summed E-state index contributed by atoms with van der Waals surface area (Å²) in [6.07, 6.45) is 6.12. The number of carbonyl (C=O) groups excluding carboxylic acids is 1. The summed E-state index contributed by atoms with van der Waals surface area (Å²) in [4.78, 5) is 20.0. The molecule has 6 nitrogen and oxygen atoms in total. The lowest BCUT2D eigenvalue weighted by molar-refractivity contribution is -0.117. The molecular weight excluding hydrogens is 298 g/mol. The van der Waals surface area contributed by atoms with Gasteiger partial charge in [0.2, 0.25) is 5.91 Å². The third-order valence-corrected chi connectivity index (χ3v) is 5.08. The first-order valence-electron chi connectivity index (χ1n) is 7.49. The highest BCUT2D eigenvalue weighted by Crippen LogP contribution is 2.31. The molecule has 0 aromatic carbocycles. The molecule has 118 valence electrons. The van der Waals surface area contributed by atoms with Gasteiger partial charge in [-0.1, -0.05) is 0 Å². The molecule has 3 rings (SSSR count). The molecule has 0 radical (unpaired) electrons. The summed E-state index contributed by atoms with van der Waals surface area (Å²) in [6.45, 7) is 5.32. The van der Waals surface area contributed by atoms with Crippen LogP contribution in [0.4, 0.5) is 5.13 Å². The average Bonchev–Trinajstić information content (AvgIpc) is 3.13. The van der Waals surface area contributed by atoms with Crippen molar-refractivity contribution >= 4 is 22.4 Å². The molecule has 1 fully saturated rings. The fourth-order valence-corrected chi connectivity index (χ4v) is 3.71. The normalized spacial score (nSPS) is 18.8. The summed E-state index contributed by atoms with van der Waals surface area (Å²) < 4.78 is 1.81. The van der Waals surface area contributed by atoms with Crippen LogP contribution in [0.2, 0.25) is 0 Å². The van der Waals surface area contributed by atoms with E-state index >= 15 is 0 Å². The standard InChI is InChI=1S/C15H21N5OS/c1-10-11(2)22-15(17-10)18-14(21)9-20-6-4-5-13(20)12-7-16-19(3)8-12/h7-8,13H,4-6,9H2,1-3H3,(H,17,18,21). The number of nitrogens with zero attached hydrogens (tertiary/aromatic N) is 4. The molecule has 0 aliphatic carbocycles. The molecule has 1 aliphatic rings. The van der Waals surface area contributed by atoms with Crippen LogP contribution in [0, 0.1) is 13.8 Å². The Labute approximate surface area is 134 Å². The lowest BCUT2D eigenvalue weighted by Crippen LogP contribution is -2.32. The van der Waals surface area contributed by atoms with Crippen LogP contribution in [0.1, 0.15) is 35.0 Å². The second kappa shape index (κ2) is 6.18. The summed E-state index contributed by atoms with van der Waals surface area (Å²) in [5.74, 6) is 0.00420. The van der Waals surface area contributed by atoms with E-state index in [1.54, 1.807) is 0 Å². The van der Waals surface area contributed by atoms with Gasteiger partial charge in [0.05, 0.1) is 18.4 Å². The number of aryl methyl sites for hydroxylation is 3. The molecule has 2 aromatic heterocycles. The second-order valence-electron chi connectivity index (χ2n) is 5.78. The van der Waals surface area contributed by atoms with E-state index in [9.17, 15) is 4.79 Å². The number of likely N-dealkylation sites (tertiary alicyclic amines) is 1. The number of rotatable bonds is 4. The molecule has 1 unspecified atom stereocenters. The number of aromatic nitrogens is 3. The first-order chi connectivity index (χ1) is 10.5. The van der Waals surface area contributed by atoms with E-state index in [1.807, 2.05) is 38.0 Å². The van der Waals surface area contributed by atoms with Gasteiger partial charge in [0.25, 0.3) is 0 Å². The predicted molar refractivity (Wildman–Crippen MR) is 87.0 cm³/mol. The minimum Gasteiger partial charge on any atom is -0.301 e. The maximum atomic E-state index is 12.3.